The van der Waals surface area contributed by atoms with Crippen LogP contribution in [-0.4, -0.2) is 44.0 Å². The van der Waals surface area contributed by atoms with E-state index in [4.69, 9.17) is 4.74 Å². The highest BCUT2D eigenvalue weighted by atomic mass is 16.5. The van der Waals surface area contributed by atoms with Gasteiger partial charge in [0.25, 0.3) is 11.8 Å². The van der Waals surface area contributed by atoms with Crippen molar-refractivity contribution in [1.82, 2.24) is 4.90 Å². The fraction of sp³-hybridized carbons (Fsp3) is 0.333. The first-order valence-electron chi connectivity index (χ1n) is 5.36. The predicted molar refractivity (Wildman–Crippen MR) is 63.2 cm³/mol. The second-order valence-corrected chi connectivity index (χ2v) is 3.77. The minimum atomic E-state index is -0.251. The molecule has 0 bridgehead atoms. The molecule has 0 aromatic heterocycles. The molecule has 17 heavy (non-hydrogen) atoms. The topological polar surface area (TPSA) is 58.6 Å². The van der Waals surface area contributed by atoms with Crippen molar-refractivity contribution in [2.24, 2.45) is 0 Å². The van der Waals surface area contributed by atoms with E-state index in [1.165, 1.54) is 12.0 Å². The Bertz CT molecular complexity index is 471. The monoisotopic (exact) mass is 234 g/mol. The van der Waals surface area contributed by atoms with Gasteiger partial charge in [0.1, 0.15) is 0 Å². The third-order valence-corrected chi connectivity index (χ3v) is 2.78. The van der Waals surface area contributed by atoms with Crippen molar-refractivity contribution < 1.29 is 14.3 Å². The molecule has 0 radical (unpaired) electrons. The Balaban J connectivity index is 2.32. The Kier molecular flexibility index (Phi) is 3.10. The summed E-state index contributed by atoms with van der Waals surface area (Å²) in [6.07, 6.45) is 0. The van der Waals surface area contributed by atoms with E-state index >= 15 is 0 Å². The maximum Gasteiger partial charge on any atom is 0.261 e. The summed E-state index contributed by atoms with van der Waals surface area (Å²) in [5.41, 5.74) is 1.74. The normalized spacial score (nSPS) is 14.1. The van der Waals surface area contributed by atoms with E-state index in [-0.39, 0.29) is 18.4 Å². The van der Waals surface area contributed by atoms with Gasteiger partial charge in [0.05, 0.1) is 24.3 Å². The fourth-order valence-electron chi connectivity index (χ4n) is 1.83. The molecule has 90 valence electrons. The number of nitrogens with zero attached hydrogens (tertiary/aromatic N) is 1. The van der Waals surface area contributed by atoms with Gasteiger partial charge in [0.15, 0.2) is 0 Å². The van der Waals surface area contributed by atoms with E-state index in [9.17, 15) is 9.59 Å². The number of hydrogen-bond donors (Lipinski definition) is 1. The number of fused-ring (bicyclic) bond motifs is 1. The summed E-state index contributed by atoms with van der Waals surface area (Å²) in [4.78, 5) is 25.2. The van der Waals surface area contributed by atoms with Crippen molar-refractivity contribution in [2.75, 3.05) is 32.6 Å². The number of anilines is 1. The third-order valence-electron chi connectivity index (χ3n) is 2.78. The molecule has 0 saturated heterocycles. The van der Waals surface area contributed by atoms with E-state index in [0.717, 1.165) is 5.69 Å². The van der Waals surface area contributed by atoms with Crippen molar-refractivity contribution in [3.8, 4) is 0 Å². The second kappa shape index (κ2) is 4.55. The van der Waals surface area contributed by atoms with Gasteiger partial charge in [0, 0.05) is 19.8 Å². The van der Waals surface area contributed by atoms with Crippen molar-refractivity contribution in [3.63, 3.8) is 0 Å². The average molecular weight is 234 g/mol. The molecule has 1 aromatic carbocycles. The molecule has 0 saturated carbocycles. The lowest BCUT2D eigenvalue weighted by Crippen LogP contribution is -2.32. The molecule has 2 amide bonds. The largest absolute Gasteiger partial charge is 0.388 e. The number of hydrogen-bond acceptors (Lipinski definition) is 4. The minimum absolute atomic E-state index is 0.246. The summed E-state index contributed by atoms with van der Waals surface area (Å²) in [5.74, 6) is -0.496. The van der Waals surface area contributed by atoms with Gasteiger partial charge < -0.3 is 10.1 Å². The summed E-state index contributed by atoms with van der Waals surface area (Å²) in [7, 11) is 3.31. The Morgan fingerprint density at radius 2 is 1.94 bits per heavy atom. The summed E-state index contributed by atoms with van der Waals surface area (Å²) < 4.78 is 4.89. The number of imide groups is 1. The summed E-state index contributed by atoms with van der Waals surface area (Å²) in [6, 6.07) is 5.15. The molecule has 1 aliphatic rings. The van der Waals surface area contributed by atoms with Gasteiger partial charge in [-0.15, -0.1) is 0 Å². The first-order valence-corrected chi connectivity index (χ1v) is 5.36. The van der Waals surface area contributed by atoms with Gasteiger partial charge in [-0.3, -0.25) is 14.5 Å². The van der Waals surface area contributed by atoms with E-state index < -0.39 is 0 Å². The van der Waals surface area contributed by atoms with E-state index in [2.05, 4.69) is 5.32 Å². The van der Waals surface area contributed by atoms with Crippen molar-refractivity contribution in [1.29, 1.82) is 0 Å². The van der Waals surface area contributed by atoms with Crippen LogP contribution in [0.4, 0.5) is 5.69 Å². The minimum Gasteiger partial charge on any atom is -0.388 e. The van der Waals surface area contributed by atoms with E-state index in [1.54, 1.807) is 25.2 Å². The van der Waals surface area contributed by atoms with Gasteiger partial charge in [-0.25, -0.2) is 0 Å². The molecule has 1 aromatic rings. The van der Waals surface area contributed by atoms with Crippen LogP contribution in [0.2, 0.25) is 0 Å². The maximum absolute atomic E-state index is 12.0. The number of benzene rings is 1. The molecule has 0 atom stereocenters. The first kappa shape index (κ1) is 11.6. The molecule has 0 spiro atoms. The third kappa shape index (κ3) is 1.89. The quantitative estimate of drug-likeness (QED) is 0.789. The molecule has 1 heterocycles. The highest BCUT2D eigenvalue weighted by molar-refractivity contribution is 6.21. The Morgan fingerprint density at radius 3 is 2.59 bits per heavy atom. The van der Waals surface area contributed by atoms with Crippen LogP contribution in [0.5, 0.6) is 0 Å². The second-order valence-electron chi connectivity index (χ2n) is 3.77. The molecule has 1 N–H and O–H groups in total. The number of carbonyl (C=O) groups is 2. The highest BCUT2D eigenvalue weighted by Gasteiger charge is 2.35. The number of nitrogens with one attached hydrogen (secondary N) is 1. The smallest absolute Gasteiger partial charge is 0.261 e. The van der Waals surface area contributed by atoms with Gasteiger partial charge in [-0.05, 0) is 18.2 Å². The molecular weight excluding hydrogens is 220 g/mol. The number of methoxy groups -OCH3 is 1. The number of carbonyl (C=O) groups excluding carboxylic acids is 2. The van der Waals surface area contributed by atoms with Crippen molar-refractivity contribution in [3.05, 3.63) is 29.3 Å². The highest BCUT2D eigenvalue weighted by Crippen LogP contribution is 2.25. The SMILES string of the molecule is CNc1ccc2c(c1)C(=O)N(CCOC)C2=O. The first-order chi connectivity index (χ1) is 8.19. The van der Waals surface area contributed by atoms with Gasteiger partial charge in [0.2, 0.25) is 0 Å². The van der Waals surface area contributed by atoms with Crippen molar-refractivity contribution >= 4 is 17.5 Å². The lowest BCUT2D eigenvalue weighted by molar-refractivity contribution is 0.0603. The molecular formula is C12H14N2O3. The summed E-state index contributed by atoms with van der Waals surface area (Å²) in [5, 5.41) is 2.94. The lowest BCUT2D eigenvalue weighted by Gasteiger charge is -2.12. The van der Waals surface area contributed by atoms with Crippen LogP contribution >= 0.6 is 0 Å². The molecule has 0 aliphatic carbocycles. The van der Waals surface area contributed by atoms with Crippen LogP contribution < -0.4 is 5.32 Å². The molecule has 0 fully saturated rings. The Hall–Kier alpha value is -1.88. The van der Waals surface area contributed by atoms with E-state index in [1.807, 2.05) is 0 Å². The molecule has 5 heteroatoms. The fourth-order valence-corrected chi connectivity index (χ4v) is 1.83. The van der Waals surface area contributed by atoms with Gasteiger partial charge in [-0.1, -0.05) is 0 Å². The zero-order chi connectivity index (χ0) is 12.4. The van der Waals surface area contributed by atoms with Crippen LogP contribution in [0.25, 0.3) is 0 Å². The van der Waals surface area contributed by atoms with Crippen LogP contribution in [0.15, 0.2) is 18.2 Å². The van der Waals surface area contributed by atoms with Crippen LogP contribution in [0.3, 0.4) is 0 Å². The number of ether oxygens (including phenoxy) is 1. The van der Waals surface area contributed by atoms with Crippen LogP contribution in [0, 0.1) is 0 Å². The van der Waals surface area contributed by atoms with Crippen molar-refractivity contribution in [2.45, 2.75) is 0 Å². The van der Waals surface area contributed by atoms with Gasteiger partial charge >= 0.3 is 0 Å². The number of rotatable bonds is 4. The molecule has 5 nitrogen and oxygen atoms in total. The molecule has 1 aliphatic heterocycles. The van der Waals surface area contributed by atoms with E-state index in [0.29, 0.717) is 17.7 Å². The standard InChI is InChI=1S/C12H14N2O3/c1-13-8-3-4-9-10(7-8)12(16)14(11(9)15)5-6-17-2/h3-4,7,13H,5-6H2,1-2H3. The van der Waals surface area contributed by atoms with Crippen LogP contribution in [-0.2, 0) is 4.74 Å². The van der Waals surface area contributed by atoms with Crippen LogP contribution in [0.1, 0.15) is 20.7 Å². The Morgan fingerprint density at radius 1 is 1.24 bits per heavy atom. The molecule has 0 unspecified atom stereocenters. The summed E-state index contributed by atoms with van der Waals surface area (Å²) in [6.45, 7) is 0.641. The maximum atomic E-state index is 12.0. The lowest BCUT2D eigenvalue weighted by atomic mass is 10.1. The summed E-state index contributed by atoms with van der Waals surface area (Å²) >= 11 is 0. The zero-order valence-corrected chi connectivity index (χ0v) is 9.82. The molecule has 2 rings (SSSR count). The van der Waals surface area contributed by atoms with Gasteiger partial charge in [-0.2, -0.15) is 0 Å². The average Bonchev–Trinajstić information content (AvgIpc) is 2.59. The Labute approximate surface area is 99.4 Å². The zero-order valence-electron chi connectivity index (χ0n) is 9.82. The number of amides is 2. The predicted octanol–water partition coefficient (Wildman–Crippen LogP) is 0.971.